The van der Waals surface area contributed by atoms with Gasteiger partial charge in [0.2, 0.25) is 0 Å². The largest absolute Gasteiger partial charge is 0.394 e. The van der Waals surface area contributed by atoms with E-state index in [0.29, 0.717) is 0 Å². The van der Waals surface area contributed by atoms with Crippen LogP contribution in [0.1, 0.15) is 36.8 Å². The molecule has 0 saturated heterocycles. The van der Waals surface area contributed by atoms with Crippen molar-refractivity contribution in [2.24, 2.45) is 0 Å². The lowest BCUT2D eigenvalue weighted by Crippen LogP contribution is -2.37. The van der Waals surface area contributed by atoms with Crippen LogP contribution in [0.3, 0.4) is 0 Å². The molecule has 10 nitrogen and oxygen atoms in total. The third-order valence-corrected chi connectivity index (χ3v) is 8.22. The quantitative estimate of drug-likeness (QED) is 0.240. The van der Waals surface area contributed by atoms with E-state index in [1.165, 1.54) is 24.3 Å². The Balaban J connectivity index is 2.42. The topological polar surface area (TPSA) is 168 Å². The highest BCUT2D eigenvalue weighted by atomic mass is 32.2. The fourth-order valence-electron chi connectivity index (χ4n) is 3.33. The Morgan fingerprint density at radius 3 is 1.19 bits per heavy atom. The lowest BCUT2D eigenvalue weighted by Gasteiger charge is -2.28. The van der Waals surface area contributed by atoms with Gasteiger partial charge in [0.15, 0.2) is 0 Å². The summed E-state index contributed by atoms with van der Waals surface area (Å²) < 4.78 is 62.9. The maximum atomic E-state index is 13.0. The maximum absolute atomic E-state index is 13.0. The van der Waals surface area contributed by atoms with Crippen molar-refractivity contribution in [1.29, 1.82) is 0 Å². The van der Waals surface area contributed by atoms with Gasteiger partial charge in [-0.05, 0) is 63.8 Å². The van der Waals surface area contributed by atoms with Gasteiger partial charge in [-0.3, -0.25) is 8.37 Å². The number of hydrogen-bond acceptors (Lipinski definition) is 10. The summed E-state index contributed by atoms with van der Waals surface area (Å²) in [5.74, 6) is 0. The first kappa shape index (κ1) is 30.3. The van der Waals surface area contributed by atoms with E-state index in [1.54, 1.807) is 38.1 Å². The summed E-state index contributed by atoms with van der Waals surface area (Å²) >= 11 is 0. The lowest BCUT2D eigenvalue weighted by atomic mass is 10.0. The standard InChI is InChI=1S/C24H34O10S2/c1-17-3-9-21(10-4-17)35(29,30)33-23(13-7-19(27)15-25)24(14-8-20(28)16-26)34-36(31,32)22-11-5-18(2)6-12-22/h3-6,9-12,19-20,23-28H,7-8,13-16H2,1-2H3/t19-,20-,23+,24+/m0/s1. The second-order valence-corrected chi connectivity index (χ2v) is 11.8. The molecule has 0 aliphatic rings. The molecule has 0 spiro atoms. The number of benzene rings is 2. The van der Waals surface area contributed by atoms with Crippen LogP contribution in [0.25, 0.3) is 0 Å². The van der Waals surface area contributed by atoms with E-state index in [0.717, 1.165) is 11.1 Å². The van der Waals surface area contributed by atoms with Crippen molar-refractivity contribution in [3.63, 3.8) is 0 Å². The highest BCUT2D eigenvalue weighted by molar-refractivity contribution is 7.87. The molecule has 2 rings (SSSR count). The van der Waals surface area contributed by atoms with Crippen LogP contribution in [0.2, 0.25) is 0 Å². The minimum atomic E-state index is -4.38. The summed E-state index contributed by atoms with van der Waals surface area (Å²) in [6.07, 6.45) is -5.79. The van der Waals surface area contributed by atoms with E-state index in [-0.39, 0.29) is 35.5 Å². The average molecular weight is 547 g/mol. The van der Waals surface area contributed by atoms with Gasteiger partial charge in [0.25, 0.3) is 20.2 Å². The molecule has 2 aromatic carbocycles. The van der Waals surface area contributed by atoms with Gasteiger partial charge in [-0.15, -0.1) is 0 Å². The van der Waals surface area contributed by atoms with Crippen LogP contribution in [0.4, 0.5) is 0 Å². The number of rotatable bonds is 15. The molecule has 202 valence electrons. The Morgan fingerprint density at radius 2 is 0.917 bits per heavy atom. The number of aliphatic hydroxyl groups is 4. The van der Waals surface area contributed by atoms with Crippen molar-refractivity contribution in [1.82, 2.24) is 0 Å². The van der Waals surface area contributed by atoms with Crippen LogP contribution in [0, 0.1) is 13.8 Å². The molecule has 36 heavy (non-hydrogen) atoms. The molecular weight excluding hydrogens is 512 g/mol. The van der Waals surface area contributed by atoms with Gasteiger partial charge < -0.3 is 20.4 Å². The van der Waals surface area contributed by atoms with Gasteiger partial charge >= 0.3 is 0 Å². The van der Waals surface area contributed by atoms with Gasteiger partial charge in [-0.2, -0.15) is 16.8 Å². The van der Waals surface area contributed by atoms with E-state index in [1.807, 2.05) is 0 Å². The predicted molar refractivity (Wildman–Crippen MR) is 131 cm³/mol. The second-order valence-electron chi connectivity index (χ2n) is 8.63. The maximum Gasteiger partial charge on any atom is 0.297 e. The van der Waals surface area contributed by atoms with E-state index in [9.17, 15) is 37.3 Å². The highest BCUT2D eigenvalue weighted by Gasteiger charge is 2.34. The zero-order valence-corrected chi connectivity index (χ0v) is 21.9. The predicted octanol–water partition coefficient (Wildman–Crippen LogP) is 1.42. The van der Waals surface area contributed by atoms with Crippen LogP contribution in [-0.4, -0.2) is 74.9 Å². The SMILES string of the molecule is Cc1ccc(S(=O)(=O)O[C@H](CC[C@H](O)CO)[C@@H](CC[C@H](O)CO)OS(=O)(=O)c2ccc(C)cc2)cc1. The number of aliphatic hydroxyl groups excluding tert-OH is 4. The summed E-state index contributed by atoms with van der Waals surface area (Å²) in [7, 11) is -8.75. The number of hydrogen-bond donors (Lipinski definition) is 4. The molecular formula is C24H34O10S2. The van der Waals surface area contributed by atoms with Crippen LogP contribution in [-0.2, 0) is 28.6 Å². The highest BCUT2D eigenvalue weighted by Crippen LogP contribution is 2.27. The smallest absolute Gasteiger partial charge is 0.297 e. The van der Waals surface area contributed by atoms with E-state index >= 15 is 0 Å². The Kier molecular flexibility index (Phi) is 11.4. The van der Waals surface area contributed by atoms with Crippen LogP contribution in [0.15, 0.2) is 58.3 Å². The first-order chi connectivity index (χ1) is 16.9. The van der Waals surface area contributed by atoms with Crippen LogP contribution >= 0.6 is 0 Å². The fraction of sp³-hybridized carbons (Fsp3) is 0.500. The van der Waals surface area contributed by atoms with Crippen molar-refractivity contribution in [2.45, 2.75) is 73.7 Å². The summed E-state index contributed by atoms with van der Waals surface area (Å²) in [6, 6.07) is 11.7. The van der Waals surface area contributed by atoms with Crippen molar-refractivity contribution in [3.05, 3.63) is 59.7 Å². The van der Waals surface area contributed by atoms with Gasteiger partial charge in [0, 0.05) is 0 Å². The zero-order valence-electron chi connectivity index (χ0n) is 20.2. The fourth-order valence-corrected chi connectivity index (χ4v) is 5.59. The van der Waals surface area contributed by atoms with E-state index in [4.69, 9.17) is 8.37 Å². The monoisotopic (exact) mass is 546 g/mol. The summed E-state index contributed by atoms with van der Waals surface area (Å²) in [5, 5.41) is 38.1. The minimum absolute atomic E-state index is 0.114. The molecule has 0 unspecified atom stereocenters. The van der Waals surface area contributed by atoms with Gasteiger partial charge in [-0.1, -0.05) is 35.4 Å². The average Bonchev–Trinajstić information content (AvgIpc) is 2.84. The first-order valence-electron chi connectivity index (χ1n) is 11.5. The lowest BCUT2D eigenvalue weighted by molar-refractivity contribution is 0.0167. The molecule has 4 atom stereocenters. The normalized spacial score (nSPS) is 15.8. The molecule has 0 aliphatic heterocycles. The first-order valence-corrected chi connectivity index (χ1v) is 14.3. The summed E-state index contributed by atoms with van der Waals surface area (Å²) in [5.41, 5.74) is 1.64. The van der Waals surface area contributed by atoms with Crippen molar-refractivity contribution in [3.8, 4) is 0 Å². The zero-order chi connectivity index (χ0) is 26.9. The third-order valence-electron chi connectivity index (χ3n) is 5.52. The molecule has 0 saturated carbocycles. The van der Waals surface area contributed by atoms with Crippen molar-refractivity contribution in [2.75, 3.05) is 13.2 Å². The Morgan fingerprint density at radius 1 is 0.611 bits per heavy atom. The second kappa shape index (κ2) is 13.6. The van der Waals surface area contributed by atoms with Gasteiger partial charge in [0.05, 0.1) is 35.2 Å². The molecule has 0 fully saturated rings. The molecule has 0 amide bonds. The van der Waals surface area contributed by atoms with Crippen molar-refractivity contribution < 1.29 is 45.6 Å². The molecule has 0 aliphatic carbocycles. The molecule has 0 heterocycles. The van der Waals surface area contributed by atoms with Crippen LogP contribution < -0.4 is 0 Å². The van der Waals surface area contributed by atoms with E-state index < -0.39 is 57.9 Å². The summed E-state index contributed by atoms with van der Waals surface area (Å²) in [4.78, 5) is -0.312. The Hall–Kier alpha value is -1.90. The van der Waals surface area contributed by atoms with Crippen LogP contribution in [0.5, 0.6) is 0 Å². The van der Waals surface area contributed by atoms with E-state index in [2.05, 4.69) is 0 Å². The Labute approximate surface area is 212 Å². The van der Waals surface area contributed by atoms with Crippen molar-refractivity contribution >= 4 is 20.2 Å². The number of aryl methyl sites for hydroxylation is 2. The summed E-state index contributed by atoms with van der Waals surface area (Å²) in [6.45, 7) is 2.38. The minimum Gasteiger partial charge on any atom is -0.394 e. The molecule has 2 aromatic rings. The molecule has 4 N–H and O–H groups in total. The van der Waals surface area contributed by atoms with Gasteiger partial charge in [0.1, 0.15) is 12.2 Å². The molecule has 0 bridgehead atoms. The Bertz CT molecular complexity index is 1050. The molecule has 0 radical (unpaired) electrons. The molecule has 0 aromatic heterocycles. The third kappa shape index (κ3) is 9.20. The molecule has 12 heteroatoms. The van der Waals surface area contributed by atoms with Gasteiger partial charge in [-0.25, -0.2) is 0 Å².